The van der Waals surface area contributed by atoms with Crippen LogP contribution in [0.3, 0.4) is 0 Å². The molecule has 0 spiro atoms. The zero-order valence-corrected chi connectivity index (χ0v) is 8.84. The maximum absolute atomic E-state index is 4.39. The van der Waals surface area contributed by atoms with Crippen molar-refractivity contribution in [3.05, 3.63) is 16.6 Å². The van der Waals surface area contributed by atoms with Crippen molar-refractivity contribution in [3.8, 4) is 0 Å². The molecule has 1 aliphatic rings. The molecular formula is C9H13BrN2. The predicted molar refractivity (Wildman–Crippen MR) is 52.0 cm³/mol. The van der Waals surface area contributed by atoms with Gasteiger partial charge in [-0.2, -0.15) is 0 Å². The van der Waals surface area contributed by atoms with E-state index in [1.807, 2.05) is 0 Å². The minimum atomic E-state index is 0.927. The Morgan fingerprint density at radius 2 is 2.42 bits per heavy atom. The molecule has 0 saturated heterocycles. The molecule has 1 heterocycles. The van der Waals surface area contributed by atoms with Crippen LogP contribution in [0.1, 0.15) is 25.6 Å². The third kappa shape index (κ3) is 1.71. The maximum Gasteiger partial charge on any atom is 0.124 e. The lowest BCUT2D eigenvalue weighted by atomic mass is 10.4. The molecule has 66 valence electrons. The van der Waals surface area contributed by atoms with Gasteiger partial charge in [0, 0.05) is 19.2 Å². The molecule has 12 heavy (non-hydrogen) atoms. The summed E-state index contributed by atoms with van der Waals surface area (Å²) in [5, 5.41) is 0. The first-order valence-electron chi connectivity index (χ1n) is 4.51. The molecule has 0 bridgehead atoms. The number of hydrogen-bond acceptors (Lipinski definition) is 1. The fourth-order valence-corrected chi connectivity index (χ4v) is 1.89. The highest BCUT2D eigenvalue weighted by Gasteiger charge is 2.22. The third-order valence-corrected chi connectivity index (χ3v) is 2.68. The van der Waals surface area contributed by atoms with Gasteiger partial charge in [0.05, 0.1) is 0 Å². The predicted octanol–water partition coefficient (Wildman–Crippen LogP) is 2.62. The average Bonchev–Trinajstić information content (AvgIpc) is 2.76. The molecule has 0 amide bonds. The van der Waals surface area contributed by atoms with Gasteiger partial charge in [-0.05, 0) is 34.7 Å². The second-order valence-electron chi connectivity index (χ2n) is 3.43. The second kappa shape index (κ2) is 3.21. The topological polar surface area (TPSA) is 17.8 Å². The van der Waals surface area contributed by atoms with Crippen molar-refractivity contribution in [2.24, 2.45) is 5.92 Å². The van der Waals surface area contributed by atoms with Gasteiger partial charge in [0.15, 0.2) is 0 Å². The zero-order chi connectivity index (χ0) is 8.55. The van der Waals surface area contributed by atoms with Crippen LogP contribution in [-0.4, -0.2) is 9.55 Å². The minimum Gasteiger partial charge on any atom is -0.333 e. The summed E-state index contributed by atoms with van der Waals surface area (Å²) in [6.45, 7) is 3.32. The Bertz CT molecular complexity index is 276. The van der Waals surface area contributed by atoms with E-state index in [2.05, 4.69) is 38.6 Å². The summed E-state index contributed by atoms with van der Waals surface area (Å²) < 4.78 is 3.25. The SMILES string of the molecule is CCc1nc(Br)cn1CC1CC1. The highest BCUT2D eigenvalue weighted by molar-refractivity contribution is 9.10. The largest absolute Gasteiger partial charge is 0.333 e. The summed E-state index contributed by atoms with van der Waals surface area (Å²) in [5.74, 6) is 2.13. The van der Waals surface area contributed by atoms with E-state index in [0.717, 1.165) is 16.9 Å². The normalized spacial score (nSPS) is 16.8. The van der Waals surface area contributed by atoms with Gasteiger partial charge in [-0.3, -0.25) is 0 Å². The lowest BCUT2D eigenvalue weighted by molar-refractivity contribution is 0.599. The van der Waals surface area contributed by atoms with Crippen molar-refractivity contribution < 1.29 is 0 Å². The van der Waals surface area contributed by atoms with Gasteiger partial charge in [-0.1, -0.05) is 6.92 Å². The Hall–Kier alpha value is -0.310. The number of imidazole rings is 1. The molecule has 1 saturated carbocycles. The Morgan fingerprint density at radius 1 is 1.67 bits per heavy atom. The molecule has 0 aliphatic heterocycles. The number of halogens is 1. The van der Waals surface area contributed by atoms with Crippen LogP contribution in [0.25, 0.3) is 0 Å². The van der Waals surface area contributed by atoms with Gasteiger partial charge in [-0.15, -0.1) is 0 Å². The van der Waals surface area contributed by atoms with E-state index in [1.54, 1.807) is 0 Å². The van der Waals surface area contributed by atoms with Gasteiger partial charge in [-0.25, -0.2) is 4.98 Å². The Kier molecular flexibility index (Phi) is 2.22. The molecule has 1 fully saturated rings. The lowest BCUT2D eigenvalue weighted by Gasteiger charge is -2.03. The lowest BCUT2D eigenvalue weighted by Crippen LogP contribution is -2.02. The van der Waals surface area contributed by atoms with Gasteiger partial charge in [0.25, 0.3) is 0 Å². The summed E-state index contributed by atoms with van der Waals surface area (Å²) in [5.41, 5.74) is 0. The van der Waals surface area contributed by atoms with Crippen LogP contribution in [0.2, 0.25) is 0 Å². The van der Waals surface area contributed by atoms with E-state index in [-0.39, 0.29) is 0 Å². The quantitative estimate of drug-likeness (QED) is 0.778. The highest BCUT2D eigenvalue weighted by atomic mass is 79.9. The first kappa shape index (κ1) is 8.30. The van der Waals surface area contributed by atoms with E-state index in [4.69, 9.17) is 0 Å². The van der Waals surface area contributed by atoms with Crippen LogP contribution in [-0.2, 0) is 13.0 Å². The van der Waals surface area contributed by atoms with Gasteiger partial charge < -0.3 is 4.57 Å². The van der Waals surface area contributed by atoms with Crippen molar-refractivity contribution in [2.45, 2.75) is 32.7 Å². The van der Waals surface area contributed by atoms with Crippen LogP contribution in [0.15, 0.2) is 10.8 Å². The van der Waals surface area contributed by atoms with E-state index in [9.17, 15) is 0 Å². The maximum atomic E-state index is 4.39. The minimum absolute atomic E-state index is 0.927. The van der Waals surface area contributed by atoms with Crippen molar-refractivity contribution in [1.29, 1.82) is 0 Å². The Balaban J connectivity index is 2.15. The van der Waals surface area contributed by atoms with Crippen molar-refractivity contribution in [1.82, 2.24) is 9.55 Å². The number of aromatic nitrogens is 2. The molecule has 2 rings (SSSR count). The van der Waals surface area contributed by atoms with E-state index in [0.29, 0.717) is 0 Å². The average molecular weight is 229 g/mol. The summed E-state index contributed by atoms with van der Waals surface area (Å²) in [4.78, 5) is 4.39. The van der Waals surface area contributed by atoms with E-state index in [1.165, 1.54) is 25.2 Å². The van der Waals surface area contributed by atoms with Crippen LogP contribution in [0, 0.1) is 5.92 Å². The summed E-state index contributed by atoms with van der Waals surface area (Å²) in [6, 6.07) is 0. The summed E-state index contributed by atoms with van der Waals surface area (Å²) in [6.07, 6.45) is 5.92. The van der Waals surface area contributed by atoms with Gasteiger partial charge in [0.1, 0.15) is 10.4 Å². The molecule has 0 atom stereocenters. The summed E-state index contributed by atoms with van der Waals surface area (Å²) in [7, 11) is 0. The molecule has 2 nitrogen and oxygen atoms in total. The van der Waals surface area contributed by atoms with E-state index < -0.39 is 0 Å². The van der Waals surface area contributed by atoms with Crippen LogP contribution in [0.4, 0.5) is 0 Å². The van der Waals surface area contributed by atoms with Crippen molar-refractivity contribution >= 4 is 15.9 Å². The zero-order valence-electron chi connectivity index (χ0n) is 7.26. The first-order chi connectivity index (χ1) is 5.79. The van der Waals surface area contributed by atoms with Crippen molar-refractivity contribution in [3.63, 3.8) is 0 Å². The molecule has 0 radical (unpaired) electrons. The Labute approximate surface area is 81.1 Å². The third-order valence-electron chi connectivity index (χ3n) is 2.30. The molecule has 1 aromatic rings. The monoisotopic (exact) mass is 228 g/mol. The summed E-state index contributed by atoms with van der Waals surface area (Å²) >= 11 is 3.40. The molecule has 1 aromatic heterocycles. The van der Waals surface area contributed by atoms with Crippen LogP contribution < -0.4 is 0 Å². The number of rotatable bonds is 3. The first-order valence-corrected chi connectivity index (χ1v) is 5.30. The number of hydrogen-bond donors (Lipinski definition) is 0. The molecule has 0 aromatic carbocycles. The molecule has 1 aliphatic carbocycles. The van der Waals surface area contributed by atoms with Gasteiger partial charge >= 0.3 is 0 Å². The fraction of sp³-hybridized carbons (Fsp3) is 0.667. The van der Waals surface area contributed by atoms with Crippen LogP contribution >= 0.6 is 15.9 Å². The number of nitrogens with zero attached hydrogens (tertiary/aromatic N) is 2. The van der Waals surface area contributed by atoms with Gasteiger partial charge in [0.2, 0.25) is 0 Å². The highest BCUT2D eigenvalue weighted by Crippen LogP contribution is 2.31. The van der Waals surface area contributed by atoms with Crippen molar-refractivity contribution in [2.75, 3.05) is 0 Å². The van der Waals surface area contributed by atoms with E-state index >= 15 is 0 Å². The standard InChI is InChI=1S/C9H13BrN2/c1-2-9-11-8(10)6-12(9)5-7-3-4-7/h6-7H,2-5H2,1H3. The smallest absolute Gasteiger partial charge is 0.124 e. The van der Waals surface area contributed by atoms with Crippen LogP contribution in [0.5, 0.6) is 0 Å². The molecule has 0 N–H and O–H groups in total. The number of aryl methyl sites for hydroxylation is 1. The second-order valence-corrected chi connectivity index (χ2v) is 4.24. The molecular weight excluding hydrogens is 216 g/mol. The fourth-order valence-electron chi connectivity index (χ4n) is 1.44. The molecule has 3 heteroatoms. The Morgan fingerprint density at radius 3 is 3.00 bits per heavy atom. The molecule has 0 unspecified atom stereocenters.